The molecule has 1 unspecified atom stereocenters. The monoisotopic (exact) mass is 506 g/mol. The van der Waals surface area contributed by atoms with E-state index >= 15 is 0 Å². The lowest BCUT2D eigenvalue weighted by atomic mass is 9.99. The molecule has 10 heteroatoms. The molecule has 0 fully saturated rings. The number of amides is 1. The summed E-state index contributed by atoms with van der Waals surface area (Å²) in [7, 11) is -4.06. The number of carbonyl (C=O) groups is 1. The zero-order chi connectivity index (χ0) is 26.3. The molecule has 0 saturated heterocycles. The van der Waals surface area contributed by atoms with E-state index in [0.29, 0.717) is 26.4 Å². The predicted octanol–water partition coefficient (Wildman–Crippen LogP) is 5.57. The van der Waals surface area contributed by atoms with Crippen LogP contribution in [0.3, 0.4) is 0 Å². The van der Waals surface area contributed by atoms with Gasteiger partial charge in [-0.15, -0.1) is 0 Å². The number of halogens is 1. The first-order valence-electron chi connectivity index (χ1n) is 11.0. The standard InChI is InChI=1S/C25H31FN2O6S/c1-24(2,3)27-22-20(21(29)15-8-10-16(26)11-9-15)18-14-17(12-13-19(18)33-22)28(35(7,31)32)23(30)34-25(4,5)6/h8-14,21,27,29H,1-7H3. The predicted molar refractivity (Wildman–Crippen MR) is 134 cm³/mol. The number of furan rings is 1. The summed E-state index contributed by atoms with van der Waals surface area (Å²) in [5, 5.41) is 14.8. The maximum atomic E-state index is 13.5. The number of hydrogen-bond acceptors (Lipinski definition) is 7. The van der Waals surface area contributed by atoms with E-state index in [4.69, 9.17) is 9.15 Å². The molecular weight excluding hydrogens is 475 g/mol. The van der Waals surface area contributed by atoms with Gasteiger partial charge in [0.1, 0.15) is 23.1 Å². The van der Waals surface area contributed by atoms with E-state index in [-0.39, 0.29) is 11.6 Å². The lowest BCUT2D eigenvalue weighted by Crippen LogP contribution is -2.40. The Balaban J connectivity index is 2.23. The van der Waals surface area contributed by atoms with Gasteiger partial charge in [0.25, 0.3) is 0 Å². The molecule has 35 heavy (non-hydrogen) atoms. The van der Waals surface area contributed by atoms with E-state index < -0.39 is 39.2 Å². The molecule has 2 aromatic carbocycles. The van der Waals surface area contributed by atoms with Crippen LogP contribution in [0.15, 0.2) is 46.9 Å². The van der Waals surface area contributed by atoms with Crippen molar-refractivity contribution in [3.63, 3.8) is 0 Å². The second-order valence-electron chi connectivity index (χ2n) is 10.4. The molecule has 0 aliphatic carbocycles. The van der Waals surface area contributed by atoms with Crippen molar-refractivity contribution in [2.45, 2.75) is 58.8 Å². The largest absolute Gasteiger partial charge is 0.443 e. The number of benzene rings is 2. The molecule has 8 nitrogen and oxygen atoms in total. The number of sulfonamides is 1. The third-order valence-corrected chi connectivity index (χ3v) is 5.81. The van der Waals surface area contributed by atoms with Crippen LogP contribution in [0.25, 0.3) is 11.0 Å². The van der Waals surface area contributed by atoms with Gasteiger partial charge < -0.3 is 19.6 Å². The number of hydrogen-bond donors (Lipinski definition) is 2. The van der Waals surface area contributed by atoms with Crippen LogP contribution in [0.5, 0.6) is 0 Å². The lowest BCUT2D eigenvalue weighted by Gasteiger charge is -2.26. The number of nitrogens with one attached hydrogen (secondary N) is 1. The smallest absolute Gasteiger partial charge is 0.428 e. The normalized spacial score (nSPS) is 13.5. The first kappa shape index (κ1) is 26.5. The summed E-state index contributed by atoms with van der Waals surface area (Å²) in [6.45, 7) is 10.6. The van der Waals surface area contributed by atoms with Crippen molar-refractivity contribution >= 4 is 38.7 Å². The van der Waals surface area contributed by atoms with Crippen molar-refractivity contribution in [2.24, 2.45) is 0 Å². The van der Waals surface area contributed by atoms with E-state index in [1.807, 2.05) is 20.8 Å². The second-order valence-corrected chi connectivity index (χ2v) is 12.2. The zero-order valence-corrected chi connectivity index (χ0v) is 21.7. The summed E-state index contributed by atoms with van der Waals surface area (Å²) in [5.74, 6) is -0.181. The first-order chi connectivity index (χ1) is 16.0. The molecule has 0 bridgehead atoms. The highest BCUT2D eigenvalue weighted by atomic mass is 32.2. The molecule has 3 rings (SSSR count). The van der Waals surface area contributed by atoms with Crippen LogP contribution in [-0.2, 0) is 14.8 Å². The van der Waals surface area contributed by atoms with Gasteiger partial charge in [-0.2, -0.15) is 4.31 Å². The zero-order valence-electron chi connectivity index (χ0n) is 20.8. The average Bonchev–Trinajstić information content (AvgIpc) is 3.00. The number of aliphatic hydroxyl groups is 1. The number of carbonyl (C=O) groups excluding carboxylic acids is 1. The van der Waals surface area contributed by atoms with Crippen molar-refractivity contribution < 1.29 is 31.9 Å². The molecule has 3 aromatic rings. The Morgan fingerprint density at radius 2 is 1.69 bits per heavy atom. The number of rotatable bonds is 5. The maximum Gasteiger partial charge on any atom is 0.428 e. The second kappa shape index (κ2) is 9.16. The molecule has 0 aliphatic heterocycles. The Morgan fingerprint density at radius 1 is 1.09 bits per heavy atom. The van der Waals surface area contributed by atoms with Crippen molar-refractivity contribution in [3.05, 3.63) is 59.4 Å². The minimum atomic E-state index is -4.06. The van der Waals surface area contributed by atoms with Gasteiger partial charge in [0.2, 0.25) is 15.9 Å². The van der Waals surface area contributed by atoms with E-state index in [2.05, 4.69) is 5.32 Å². The molecule has 0 aliphatic rings. The van der Waals surface area contributed by atoms with Gasteiger partial charge in [-0.25, -0.2) is 17.6 Å². The molecule has 190 valence electrons. The van der Waals surface area contributed by atoms with Crippen molar-refractivity contribution in [2.75, 3.05) is 15.9 Å². The van der Waals surface area contributed by atoms with Crippen LogP contribution in [0.2, 0.25) is 0 Å². The van der Waals surface area contributed by atoms with Gasteiger partial charge in [0.05, 0.1) is 17.5 Å². The molecule has 2 N–H and O–H groups in total. The maximum absolute atomic E-state index is 13.5. The average molecular weight is 507 g/mol. The fraction of sp³-hybridized carbons (Fsp3) is 0.400. The van der Waals surface area contributed by atoms with Crippen LogP contribution in [0, 0.1) is 5.82 Å². The van der Waals surface area contributed by atoms with Gasteiger partial charge in [0.15, 0.2) is 0 Å². The Kier molecular flexibility index (Phi) is 6.93. The fourth-order valence-corrected chi connectivity index (χ4v) is 4.29. The summed E-state index contributed by atoms with van der Waals surface area (Å²) in [6.07, 6.45) is -1.39. The van der Waals surface area contributed by atoms with E-state index in [0.717, 1.165) is 6.26 Å². The summed E-state index contributed by atoms with van der Waals surface area (Å²) in [5.41, 5.74) is -0.264. The molecule has 1 amide bonds. The van der Waals surface area contributed by atoms with Gasteiger partial charge in [0, 0.05) is 10.9 Å². The van der Waals surface area contributed by atoms with Crippen molar-refractivity contribution in [3.8, 4) is 0 Å². The number of aliphatic hydroxyl groups excluding tert-OH is 1. The highest BCUT2D eigenvalue weighted by molar-refractivity contribution is 7.92. The molecular formula is C25H31FN2O6S. The Hall–Kier alpha value is -3.11. The minimum absolute atomic E-state index is 0.0184. The Bertz CT molecular complexity index is 1340. The lowest BCUT2D eigenvalue weighted by molar-refractivity contribution is 0.0609. The highest BCUT2D eigenvalue weighted by Gasteiger charge is 2.32. The Morgan fingerprint density at radius 3 is 2.20 bits per heavy atom. The SMILES string of the molecule is CC(C)(C)Nc1oc2ccc(N(C(=O)OC(C)(C)C)S(C)(=O)=O)cc2c1C(O)c1ccc(F)cc1. The highest BCUT2D eigenvalue weighted by Crippen LogP contribution is 2.40. The van der Waals surface area contributed by atoms with Gasteiger partial charge >= 0.3 is 6.09 Å². The summed E-state index contributed by atoms with van der Waals surface area (Å²) in [6, 6.07) is 9.75. The van der Waals surface area contributed by atoms with Crippen LogP contribution < -0.4 is 9.62 Å². The third kappa shape index (κ3) is 6.32. The van der Waals surface area contributed by atoms with E-state index in [1.165, 1.54) is 42.5 Å². The van der Waals surface area contributed by atoms with Crippen LogP contribution in [0.1, 0.15) is 58.8 Å². The van der Waals surface area contributed by atoms with Gasteiger partial charge in [-0.3, -0.25) is 0 Å². The third-order valence-electron chi connectivity index (χ3n) is 4.78. The van der Waals surface area contributed by atoms with E-state index in [9.17, 15) is 22.7 Å². The number of nitrogens with zero attached hydrogens (tertiary/aromatic N) is 1. The number of ether oxygens (including phenoxy) is 1. The Labute approximate surface area is 204 Å². The van der Waals surface area contributed by atoms with Crippen LogP contribution >= 0.6 is 0 Å². The number of fused-ring (bicyclic) bond motifs is 1. The summed E-state index contributed by atoms with van der Waals surface area (Å²) < 4.78 is 50.5. The molecule has 0 radical (unpaired) electrons. The molecule has 0 spiro atoms. The molecule has 1 atom stereocenters. The minimum Gasteiger partial charge on any atom is -0.443 e. The van der Waals surface area contributed by atoms with Crippen LogP contribution in [-0.4, -0.2) is 37.0 Å². The number of anilines is 2. The van der Waals surface area contributed by atoms with Crippen molar-refractivity contribution in [1.29, 1.82) is 0 Å². The van der Waals surface area contributed by atoms with Gasteiger partial charge in [-0.05, 0) is 77.4 Å². The summed E-state index contributed by atoms with van der Waals surface area (Å²) in [4.78, 5) is 12.8. The van der Waals surface area contributed by atoms with Gasteiger partial charge in [-0.1, -0.05) is 12.1 Å². The topological polar surface area (TPSA) is 109 Å². The fourth-order valence-electron chi connectivity index (χ4n) is 3.48. The molecule has 1 heterocycles. The van der Waals surface area contributed by atoms with Crippen LogP contribution in [0.4, 0.5) is 20.8 Å². The van der Waals surface area contributed by atoms with Crippen molar-refractivity contribution in [1.82, 2.24) is 0 Å². The first-order valence-corrected chi connectivity index (χ1v) is 12.8. The molecule has 1 aromatic heterocycles. The molecule has 0 saturated carbocycles. The van der Waals surface area contributed by atoms with E-state index in [1.54, 1.807) is 20.8 Å². The summed E-state index contributed by atoms with van der Waals surface area (Å²) >= 11 is 0. The quantitative estimate of drug-likeness (QED) is 0.466.